The molecule has 1 fully saturated rings. The van der Waals surface area contributed by atoms with E-state index in [4.69, 9.17) is 4.42 Å². The summed E-state index contributed by atoms with van der Waals surface area (Å²) in [7, 11) is 0. The molecular weight excluding hydrogens is 461 g/mol. The van der Waals surface area contributed by atoms with E-state index in [2.05, 4.69) is 15.2 Å². The van der Waals surface area contributed by atoms with E-state index in [0.717, 1.165) is 27.9 Å². The van der Waals surface area contributed by atoms with Crippen LogP contribution in [0.1, 0.15) is 29.1 Å². The van der Waals surface area contributed by atoms with E-state index in [9.17, 15) is 26.7 Å². The molecule has 0 N–H and O–H groups in total. The Hall–Kier alpha value is -3.83. The number of hydrogen-bond donors (Lipinski definition) is 0. The van der Waals surface area contributed by atoms with Crippen LogP contribution >= 0.6 is 0 Å². The third-order valence-corrected chi connectivity index (χ3v) is 5.75. The number of oxazole rings is 1. The van der Waals surface area contributed by atoms with Crippen molar-refractivity contribution in [1.29, 1.82) is 0 Å². The largest absolute Gasteiger partial charge is 0.441 e. The van der Waals surface area contributed by atoms with Gasteiger partial charge < -0.3 is 9.32 Å². The fourth-order valence-electron chi connectivity index (χ4n) is 4.14. The highest BCUT2D eigenvalue weighted by Crippen LogP contribution is 2.38. The maximum Gasteiger partial charge on any atom is 0.269 e. The zero-order valence-electron chi connectivity index (χ0n) is 17.4. The first-order chi connectivity index (χ1) is 16.2. The second-order valence-electron chi connectivity index (χ2n) is 7.86. The SMILES string of the molecule is O=C(c1ccc(F)c(F)c1-n1nccn1)N1CCC(F)(F)[C@H]1CCc1nc2cc(F)ccc2o1. The van der Waals surface area contributed by atoms with Gasteiger partial charge >= 0.3 is 0 Å². The molecule has 1 amide bonds. The van der Waals surface area contributed by atoms with E-state index >= 15 is 0 Å². The third kappa shape index (κ3) is 3.78. The minimum absolute atomic E-state index is 0.0499. The average molecular weight is 477 g/mol. The summed E-state index contributed by atoms with van der Waals surface area (Å²) in [5.74, 6) is -7.14. The van der Waals surface area contributed by atoms with Gasteiger partial charge in [0.1, 0.15) is 17.0 Å². The van der Waals surface area contributed by atoms with Gasteiger partial charge in [-0.05, 0) is 30.7 Å². The summed E-state index contributed by atoms with van der Waals surface area (Å²) in [5.41, 5.74) is -0.361. The topological polar surface area (TPSA) is 77.1 Å². The number of hydrogen-bond acceptors (Lipinski definition) is 5. The number of halogens is 5. The van der Waals surface area contributed by atoms with Gasteiger partial charge in [0, 0.05) is 25.5 Å². The molecule has 5 rings (SSSR count). The van der Waals surface area contributed by atoms with Crippen molar-refractivity contribution in [3.63, 3.8) is 0 Å². The Morgan fingerprint density at radius 2 is 1.88 bits per heavy atom. The maximum absolute atomic E-state index is 14.8. The highest BCUT2D eigenvalue weighted by atomic mass is 19.3. The number of likely N-dealkylation sites (tertiary alicyclic amines) is 1. The maximum atomic E-state index is 14.8. The van der Waals surface area contributed by atoms with Crippen molar-refractivity contribution < 1.29 is 31.2 Å². The quantitative estimate of drug-likeness (QED) is 0.401. The second-order valence-corrected chi connectivity index (χ2v) is 7.86. The first-order valence-corrected chi connectivity index (χ1v) is 10.3. The van der Waals surface area contributed by atoms with E-state index in [1.54, 1.807) is 0 Å². The number of alkyl halides is 2. The van der Waals surface area contributed by atoms with Crippen LogP contribution in [0.25, 0.3) is 16.8 Å². The Morgan fingerprint density at radius 3 is 2.65 bits per heavy atom. The average Bonchev–Trinajstić information content (AvgIpc) is 3.52. The minimum Gasteiger partial charge on any atom is -0.441 e. The number of aromatic nitrogens is 4. The molecule has 12 heteroatoms. The molecule has 2 aromatic carbocycles. The van der Waals surface area contributed by atoms with Crippen LogP contribution < -0.4 is 0 Å². The van der Waals surface area contributed by atoms with E-state index in [1.807, 2.05) is 0 Å². The van der Waals surface area contributed by atoms with Gasteiger partial charge in [0.25, 0.3) is 11.8 Å². The van der Waals surface area contributed by atoms with Gasteiger partial charge in [0.2, 0.25) is 0 Å². The Morgan fingerprint density at radius 1 is 1.12 bits per heavy atom. The molecule has 34 heavy (non-hydrogen) atoms. The molecule has 1 atom stereocenters. The molecular formula is C22H16F5N5O2. The van der Waals surface area contributed by atoms with Crippen LogP contribution in [-0.2, 0) is 6.42 Å². The van der Waals surface area contributed by atoms with Crippen LogP contribution in [0.5, 0.6) is 0 Å². The lowest BCUT2D eigenvalue weighted by Crippen LogP contribution is -2.43. The fraction of sp³-hybridized carbons (Fsp3) is 0.273. The van der Waals surface area contributed by atoms with Crippen molar-refractivity contribution in [2.24, 2.45) is 0 Å². The molecule has 176 valence electrons. The monoisotopic (exact) mass is 477 g/mol. The molecule has 0 spiro atoms. The molecule has 2 aromatic heterocycles. The van der Waals surface area contributed by atoms with Gasteiger partial charge in [-0.3, -0.25) is 4.79 Å². The summed E-state index contributed by atoms with van der Waals surface area (Å²) >= 11 is 0. The van der Waals surface area contributed by atoms with Crippen LogP contribution in [0, 0.1) is 17.5 Å². The van der Waals surface area contributed by atoms with Crippen molar-refractivity contribution in [2.75, 3.05) is 6.54 Å². The number of carbonyl (C=O) groups is 1. The lowest BCUT2D eigenvalue weighted by Gasteiger charge is -2.28. The van der Waals surface area contributed by atoms with Gasteiger partial charge in [-0.2, -0.15) is 10.2 Å². The number of nitrogens with zero attached hydrogens (tertiary/aromatic N) is 5. The number of carbonyl (C=O) groups excluding carboxylic acids is 1. The Balaban J connectivity index is 1.44. The first kappa shape index (κ1) is 22.0. The van der Waals surface area contributed by atoms with Gasteiger partial charge in [-0.15, -0.1) is 4.80 Å². The summed E-state index contributed by atoms with van der Waals surface area (Å²) in [4.78, 5) is 19.0. The van der Waals surface area contributed by atoms with Crippen LogP contribution in [0.3, 0.4) is 0 Å². The lowest BCUT2D eigenvalue weighted by atomic mass is 10.0. The number of benzene rings is 2. The highest BCUT2D eigenvalue weighted by Gasteiger charge is 2.50. The molecule has 0 saturated carbocycles. The molecule has 0 radical (unpaired) electrons. The Kier molecular flexibility index (Phi) is 5.29. The van der Waals surface area contributed by atoms with Crippen molar-refractivity contribution >= 4 is 17.0 Å². The van der Waals surface area contributed by atoms with Crippen molar-refractivity contribution in [3.8, 4) is 5.69 Å². The molecule has 0 aliphatic carbocycles. The van der Waals surface area contributed by atoms with Crippen molar-refractivity contribution in [3.05, 3.63) is 71.6 Å². The molecule has 1 saturated heterocycles. The molecule has 1 aliphatic rings. The van der Waals surface area contributed by atoms with Crippen LogP contribution in [0.2, 0.25) is 0 Å². The zero-order valence-corrected chi connectivity index (χ0v) is 17.4. The highest BCUT2D eigenvalue weighted by molar-refractivity contribution is 5.98. The Bertz CT molecular complexity index is 1370. The van der Waals surface area contributed by atoms with E-state index < -0.39 is 47.4 Å². The number of amides is 1. The molecule has 3 heterocycles. The van der Waals surface area contributed by atoms with E-state index in [1.165, 1.54) is 24.5 Å². The Labute approximate surface area is 188 Å². The smallest absolute Gasteiger partial charge is 0.269 e. The standard InChI is InChI=1S/C22H16F5N5O2/c23-12-1-4-16-15(11-12)30-18(34-16)6-5-17-22(26,27)7-10-31(17)21(33)13-2-3-14(24)19(25)20(13)32-28-8-9-29-32/h1-4,8-9,11,17H,5-7,10H2/t17-/m1/s1. The molecule has 0 unspecified atom stereocenters. The van der Waals surface area contributed by atoms with Gasteiger partial charge in [-0.1, -0.05) is 0 Å². The third-order valence-electron chi connectivity index (χ3n) is 5.75. The summed E-state index contributed by atoms with van der Waals surface area (Å²) in [5, 5.41) is 7.48. The minimum atomic E-state index is -3.23. The van der Waals surface area contributed by atoms with E-state index in [0.29, 0.717) is 5.58 Å². The summed E-state index contributed by atoms with van der Waals surface area (Å²) in [6, 6.07) is 3.96. The van der Waals surface area contributed by atoms with Crippen molar-refractivity contribution in [2.45, 2.75) is 31.2 Å². The van der Waals surface area contributed by atoms with Crippen LogP contribution in [0.15, 0.2) is 47.1 Å². The van der Waals surface area contributed by atoms with Crippen molar-refractivity contribution in [1.82, 2.24) is 24.9 Å². The summed E-state index contributed by atoms with van der Waals surface area (Å²) in [6.07, 6.45) is 1.55. The molecule has 4 aromatic rings. The second kappa shape index (κ2) is 8.19. The number of fused-ring (bicyclic) bond motifs is 1. The van der Waals surface area contributed by atoms with E-state index in [-0.39, 0.29) is 36.4 Å². The number of aryl methyl sites for hydroxylation is 1. The van der Waals surface area contributed by atoms with Gasteiger partial charge in [0.05, 0.1) is 24.0 Å². The zero-order chi connectivity index (χ0) is 24.0. The first-order valence-electron chi connectivity index (χ1n) is 10.3. The summed E-state index contributed by atoms with van der Waals surface area (Å²) in [6.45, 7) is -0.291. The molecule has 0 bridgehead atoms. The molecule has 7 nitrogen and oxygen atoms in total. The lowest BCUT2D eigenvalue weighted by molar-refractivity contribution is -0.0324. The fourth-order valence-corrected chi connectivity index (χ4v) is 4.14. The number of rotatable bonds is 5. The summed E-state index contributed by atoms with van der Waals surface area (Å²) < 4.78 is 76.8. The molecule has 1 aliphatic heterocycles. The van der Waals surface area contributed by atoms with Crippen LogP contribution in [-0.4, -0.2) is 49.3 Å². The predicted molar refractivity (Wildman–Crippen MR) is 108 cm³/mol. The van der Waals surface area contributed by atoms with Gasteiger partial charge in [-0.25, -0.2) is 26.9 Å². The van der Waals surface area contributed by atoms with Gasteiger partial charge in [0.15, 0.2) is 23.1 Å². The van der Waals surface area contributed by atoms with Crippen LogP contribution in [0.4, 0.5) is 22.0 Å². The predicted octanol–water partition coefficient (Wildman–Crippen LogP) is 4.31. The normalized spacial score (nSPS) is 17.6.